The smallest absolute Gasteiger partial charge is 0.317 e. The summed E-state index contributed by atoms with van der Waals surface area (Å²) in [5.41, 5.74) is 0.502. The molecule has 2 aromatic rings. The second kappa shape index (κ2) is 7.82. The van der Waals surface area contributed by atoms with Gasteiger partial charge >= 0.3 is 6.03 Å². The molecule has 1 aromatic carbocycles. The fourth-order valence-electron chi connectivity index (χ4n) is 2.76. The monoisotopic (exact) mass is 379 g/mol. The zero-order chi connectivity index (χ0) is 18.6. The number of alkyl halides is 2. The van der Waals surface area contributed by atoms with Gasteiger partial charge in [-0.3, -0.25) is 4.79 Å². The summed E-state index contributed by atoms with van der Waals surface area (Å²) in [5, 5.41) is 5.92. The molecule has 1 fully saturated rings. The van der Waals surface area contributed by atoms with Crippen molar-refractivity contribution in [1.29, 1.82) is 0 Å². The van der Waals surface area contributed by atoms with E-state index in [1.807, 2.05) is 5.38 Å². The largest absolute Gasteiger partial charge is 0.335 e. The van der Waals surface area contributed by atoms with E-state index in [0.717, 1.165) is 0 Å². The van der Waals surface area contributed by atoms with Crippen molar-refractivity contribution in [1.82, 2.24) is 15.1 Å². The van der Waals surface area contributed by atoms with Crippen LogP contribution in [0.25, 0.3) is 0 Å². The summed E-state index contributed by atoms with van der Waals surface area (Å²) in [7, 11) is 0. The number of hydrogen-bond donors (Lipinski definition) is 1. The third kappa shape index (κ3) is 4.19. The van der Waals surface area contributed by atoms with Crippen molar-refractivity contribution < 1.29 is 18.4 Å². The molecular weight excluding hydrogens is 360 g/mol. The van der Waals surface area contributed by atoms with Crippen LogP contribution < -0.4 is 5.32 Å². The fourth-order valence-corrected chi connectivity index (χ4v) is 3.39. The van der Waals surface area contributed by atoms with Crippen molar-refractivity contribution in [2.75, 3.05) is 32.7 Å². The van der Waals surface area contributed by atoms with Crippen molar-refractivity contribution in [3.63, 3.8) is 0 Å². The number of thiophene rings is 1. The van der Waals surface area contributed by atoms with E-state index in [2.05, 4.69) is 5.32 Å². The molecule has 0 unspecified atom stereocenters. The van der Waals surface area contributed by atoms with Gasteiger partial charge in [-0.15, -0.1) is 0 Å². The molecule has 0 saturated carbocycles. The van der Waals surface area contributed by atoms with Gasteiger partial charge in [-0.05, 0) is 11.4 Å². The Balaban J connectivity index is 1.49. The summed E-state index contributed by atoms with van der Waals surface area (Å²) in [4.78, 5) is 27.6. The predicted octanol–water partition coefficient (Wildman–Crippen LogP) is 3.01. The number of halogens is 2. The van der Waals surface area contributed by atoms with Crippen LogP contribution in [0.4, 0.5) is 13.6 Å². The molecule has 138 valence electrons. The number of urea groups is 1. The maximum atomic E-state index is 14.1. The van der Waals surface area contributed by atoms with Gasteiger partial charge in [0.15, 0.2) is 0 Å². The molecule has 26 heavy (non-hydrogen) atoms. The molecule has 5 nitrogen and oxygen atoms in total. The van der Waals surface area contributed by atoms with Gasteiger partial charge in [0.25, 0.3) is 11.8 Å². The number of carbonyl (C=O) groups is 2. The van der Waals surface area contributed by atoms with Crippen LogP contribution >= 0.6 is 11.3 Å². The summed E-state index contributed by atoms with van der Waals surface area (Å²) >= 11 is 1.45. The lowest BCUT2D eigenvalue weighted by Crippen LogP contribution is -2.54. The first kappa shape index (κ1) is 18.3. The Kier molecular flexibility index (Phi) is 5.51. The molecule has 8 heteroatoms. The van der Waals surface area contributed by atoms with Crippen molar-refractivity contribution in [3.8, 4) is 0 Å². The SMILES string of the molecule is O=C(NCC(F)(F)c1ccccc1)N1CCN(C(=O)c2ccsc2)CC1. The van der Waals surface area contributed by atoms with Gasteiger partial charge in [0.1, 0.15) is 0 Å². The second-order valence-corrected chi connectivity index (χ2v) is 6.80. The predicted molar refractivity (Wildman–Crippen MR) is 95.5 cm³/mol. The Hall–Kier alpha value is -2.48. The van der Waals surface area contributed by atoms with Crippen molar-refractivity contribution in [2.24, 2.45) is 0 Å². The van der Waals surface area contributed by atoms with E-state index in [1.165, 1.54) is 40.5 Å². The fraction of sp³-hybridized carbons (Fsp3) is 0.333. The molecule has 0 spiro atoms. The molecule has 1 saturated heterocycles. The Morgan fingerprint density at radius 2 is 1.69 bits per heavy atom. The maximum absolute atomic E-state index is 14.1. The van der Waals surface area contributed by atoms with Gasteiger partial charge in [0, 0.05) is 37.1 Å². The van der Waals surface area contributed by atoms with Gasteiger partial charge in [0.2, 0.25) is 0 Å². The van der Waals surface area contributed by atoms with Gasteiger partial charge in [0.05, 0.1) is 12.1 Å². The molecule has 2 heterocycles. The lowest BCUT2D eigenvalue weighted by Gasteiger charge is -2.34. The molecule has 0 atom stereocenters. The molecule has 0 aliphatic carbocycles. The minimum atomic E-state index is -3.13. The lowest BCUT2D eigenvalue weighted by molar-refractivity contribution is -0.00196. The van der Waals surface area contributed by atoms with Crippen LogP contribution in [0.15, 0.2) is 47.2 Å². The van der Waals surface area contributed by atoms with E-state index in [4.69, 9.17) is 0 Å². The number of carbonyl (C=O) groups excluding carboxylic acids is 2. The maximum Gasteiger partial charge on any atom is 0.317 e. The lowest BCUT2D eigenvalue weighted by atomic mass is 10.1. The summed E-state index contributed by atoms with van der Waals surface area (Å²) in [6.45, 7) is 0.648. The van der Waals surface area contributed by atoms with E-state index >= 15 is 0 Å². The third-order valence-electron chi connectivity index (χ3n) is 4.28. The topological polar surface area (TPSA) is 52.7 Å². The summed E-state index contributed by atoms with van der Waals surface area (Å²) in [6, 6.07) is 8.63. The van der Waals surface area contributed by atoms with E-state index < -0.39 is 18.5 Å². The standard InChI is InChI=1S/C18H19F2N3O2S/c19-18(20,15-4-2-1-3-5-15)13-21-17(25)23-9-7-22(8-10-23)16(24)14-6-11-26-12-14/h1-6,11-12H,7-10,13H2,(H,21,25). The Morgan fingerprint density at radius 3 is 2.31 bits per heavy atom. The summed E-state index contributed by atoms with van der Waals surface area (Å²) in [6.07, 6.45) is 0. The summed E-state index contributed by atoms with van der Waals surface area (Å²) in [5.74, 6) is -3.20. The van der Waals surface area contributed by atoms with Gasteiger partial charge in [-0.25, -0.2) is 4.79 Å². The molecule has 3 rings (SSSR count). The van der Waals surface area contributed by atoms with E-state index in [0.29, 0.717) is 31.7 Å². The number of hydrogen-bond acceptors (Lipinski definition) is 3. The Labute approximate surface area is 154 Å². The van der Waals surface area contributed by atoms with Gasteiger partial charge < -0.3 is 15.1 Å². The highest BCUT2D eigenvalue weighted by Gasteiger charge is 2.33. The highest BCUT2D eigenvalue weighted by molar-refractivity contribution is 7.08. The first-order valence-electron chi connectivity index (χ1n) is 8.25. The Bertz CT molecular complexity index is 745. The first-order valence-corrected chi connectivity index (χ1v) is 9.19. The van der Waals surface area contributed by atoms with Crippen molar-refractivity contribution in [3.05, 3.63) is 58.3 Å². The van der Waals surface area contributed by atoms with Crippen molar-refractivity contribution in [2.45, 2.75) is 5.92 Å². The van der Waals surface area contributed by atoms with Crippen LogP contribution in [0.3, 0.4) is 0 Å². The highest BCUT2D eigenvalue weighted by atomic mass is 32.1. The number of amides is 3. The van der Waals surface area contributed by atoms with Crippen LogP contribution in [-0.4, -0.2) is 54.5 Å². The molecule has 0 bridgehead atoms. The molecular formula is C18H19F2N3O2S. The number of rotatable bonds is 4. The molecule has 0 radical (unpaired) electrons. The van der Waals surface area contributed by atoms with Crippen LogP contribution in [0.5, 0.6) is 0 Å². The van der Waals surface area contributed by atoms with Gasteiger partial charge in [-0.1, -0.05) is 30.3 Å². The zero-order valence-corrected chi connectivity index (χ0v) is 14.8. The molecule has 3 amide bonds. The minimum Gasteiger partial charge on any atom is -0.335 e. The average Bonchev–Trinajstić information content (AvgIpc) is 3.21. The van der Waals surface area contributed by atoms with Crippen LogP contribution in [0.1, 0.15) is 15.9 Å². The molecule has 1 aliphatic rings. The summed E-state index contributed by atoms with van der Waals surface area (Å²) < 4.78 is 28.2. The number of nitrogens with zero attached hydrogens (tertiary/aromatic N) is 2. The normalized spacial score (nSPS) is 15.0. The van der Waals surface area contributed by atoms with Crippen LogP contribution in [0.2, 0.25) is 0 Å². The first-order chi connectivity index (χ1) is 12.5. The highest BCUT2D eigenvalue weighted by Crippen LogP contribution is 2.26. The molecule has 1 aliphatic heterocycles. The Morgan fingerprint density at radius 1 is 1.04 bits per heavy atom. The van der Waals surface area contributed by atoms with Gasteiger partial charge in [-0.2, -0.15) is 20.1 Å². The quantitative estimate of drug-likeness (QED) is 0.888. The van der Waals surface area contributed by atoms with E-state index in [1.54, 1.807) is 22.4 Å². The number of benzene rings is 1. The zero-order valence-electron chi connectivity index (χ0n) is 14.0. The number of nitrogens with one attached hydrogen (secondary N) is 1. The third-order valence-corrected chi connectivity index (χ3v) is 4.96. The molecule has 1 N–H and O–H groups in total. The van der Waals surface area contributed by atoms with Crippen LogP contribution in [-0.2, 0) is 5.92 Å². The minimum absolute atomic E-state index is 0.0677. The number of piperazine rings is 1. The van der Waals surface area contributed by atoms with Crippen LogP contribution in [0, 0.1) is 0 Å². The average molecular weight is 379 g/mol. The van der Waals surface area contributed by atoms with Crippen molar-refractivity contribution >= 4 is 23.3 Å². The second-order valence-electron chi connectivity index (χ2n) is 6.02. The van der Waals surface area contributed by atoms with E-state index in [9.17, 15) is 18.4 Å². The molecule has 1 aromatic heterocycles. The van der Waals surface area contributed by atoms with E-state index in [-0.39, 0.29) is 11.5 Å².